The van der Waals surface area contributed by atoms with Gasteiger partial charge in [0.15, 0.2) is 5.78 Å². The van der Waals surface area contributed by atoms with Gasteiger partial charge in [-0.2, -0.15) is 0 Å². The molecule has 0 aromatic heterocycles. The maximum Gasteiger partial charge on any atom is 0.326 e. The first-order valence-electron chi connectivity index (χ1n) is 26.7. The van der Waals surface area contributed by atoms with Crippen molar-refractivity contribution in [2.24, 2.45) is 35.5 Å². The van der Waals surface area contributed by atoms with E-state index in [4.69, 9.17) is 9.47 Å². The number of nitrogens with one attached hydrogen (secondary N) is 1. The Morgan fingerprint density at radius 1 is 0.890 bits per heavy atom. The van der Waals surface area contributed by atoms with Gasteiger partial charge in [0.25, 0.3) is 0 Å². The van der Waals surface area contributed by atoms with Gasteiger partial charge in [0, 0.05) is 72.5 Å². The largest absolute Gasteiger partial charge is 0.480 e. The van der Waals surface area contributed by atoms with Crippen LogP contribution in [0.5, 0.6) is 0 Å². The summed E-state index contributed by atoms with van der Waals surface area (Å²) in [6, 6.07) is 6.17. The lowest BCUT2D eigenvalue weighted by molar-refractivity contribution is -0.150. The van der Waals surface area contributed by atoms with E-state index in [1.807, 2.05) is 76.8 Å². The average Bonchev–Trinajstić information content (AvgIpc) is 3.93. The minimum absolute atomic E-state index is 0.0272. The highest BCUT2D eigenvalue weighted by atomic mass is 32.2. The Balaban J connectivity index is 1.39. The minimum atomic E-state index is -1.15. The number of ketones is 1. The molecule has 0 bridgehead atoms. The number of thioether (sulfide) groups is 1. The number of benzene rings is 1. The molecule has 1 aromatic rings. The Morgan fingerprint density at radius 3 is 2.16 bits per heavy atom. The lowest BCUT2D eigenvalue weighted by atomic mass is 9.83. The summed E-state index contributed by atoms with van der Waals surface area (Å²) in [7, 11) is 7.28. The van der Waals surface area contributed by atoms with E-state index in [-0.39, 0.29) is 102 Å². The highest BCUT2D eigenvalue weighted by Gasteiger charge is 2.57. The first-order chi connectivity index (χ1) is 34.6. The number of hydrogen-bond donors (Lipinski definition) is 2. The molecular weight excluding hydrogens is 970 g/mol. The zero-order chi connectivity index (χ0) is 54.3. The van der Waals surface area contributed by atoms with Crippen LogP contribution >= 0.6 is 20.3 Å². The lowest BCUT2D eigenvalue weighted by Crippen LogP contribution is -2.55. The number of nitrogens with zero attached hydrogens (tertiary/aromatic N) is 4. The molecule has 3 aliphatic rings. The van der Waals surface area contributed by atoms with Crippen LogP contribution in [0.4, 0.5) is 0 Å². The number of amides is 6. The van der Waals surface area contributed by atoms with Crippen LogP contribution in [0, 0.1) is 35.5 Å². The number of carbonyl (C=O) groups excluding carboxylic acids is 7. The number of hydrogen-bond acceptors (Lipinski definition) is 11. The Kier molecular flexibility index (Phi) is 24.8. The lowest BCUT2D eigenvalue weighted by Gasteiger charge is -2.41. The summed E-state index contributed by atoms with van der Waals surface area (Å²) in [5.41, 5.74) is 0.772. The summed E-state index contributed by atoms with van der Waals surface area (Å²) in [6.45, 7) is 15.8. The third kappa shape index (κ3) is 16.5. The fraction of sp³-hybridized carbons (Fsp3) is 0.745. The quantitative estimate of drug-likeness (QED) is 0.0438. The number of piperidine rings is 1. The Bertz CT molecular complexity index is 2030. The van der Waals surface area contributed by atoms with E-state index in [1.54, 1.807) is 37.7 Å². The molecule has 13 atom stereocenters. The van der Waals surface area contributed by atoms with Gasteiger partial charge in [-0.05, 0) is 79.9 Å². The number of unbranched alkanes of at least 4 members (excludes halogenated alkanes) is 2. The van der Waals surface area contributed by atoms with Crippen LogP contribution in [0.1, 0.15) is 125 Å². The smallest absolute Gasteiger partial charge is 0.326 e. The monoisotopic (exact) mass is 1060 g/mol. The summed E-state index contributed by atoms with van der Waals surface area (Å²) >= 11 is 1.57. The van der Waals surface area contributed by atoms with Gasteiger partial charge in [-0.3, -0.25) is 38.5 Å². The Hall–Kier alpha value is -3.92. The number of Topliss-reactive ketones (excluding diaryl/α,β-unsaturated/α-hetero) is 1. The number of methoxy groups -OCH3 is 2. The van der Waals surface area contributed by atoms with E-state index in [0.29, 0.717) is 38.6 Å². The highest BCUT2D eigenvalue weighted by Crippen LogP contribution is 2.50. The Labute approximate surface area is 441 Å². The second-order valence-electron chi connectivity index (χ2n) is 21.5. The van der Waals surface area contributed by atoms with Gasteiger partial charge in [-0.25, -0.2) is 4.79 Å². The van der Waals surface area contributed by atoms with E-state index in [9.17, 15) is 43.5 Å². The molecule has 2 aliphatic heterocycles. The predicted octanol–water partition coefficient (Wildman–Crippen LogP) is 6.55. The van der Waals surface area contributed by atoms with E-state index in [2.05, 4.69) is 12.0 Å². The molecule has 4 rings (SSSR count). The van der Waals surface area contributed by atoms with Gasteiger partial charge in [0.05, 0.1) is 47.9 Å². The van der Waals surface area contributed by atoms with Gasteiger partial charge in [-0.15, -0.1) is 20.3 Å². The van der Waals surface area contributed by atoms with E-state index in [1.165, 1.54) is 24.0 Å². The topological polar surface area (TPSA) is 200 Å². The molecule has 1 aromatic carbocycles. The summed E-state index contributed by atoms with van der Waals surface area (Å²) in [4.78, 5) is 115. The van der Waals surface area contributed by atoms with Gasteiger partial charge in [0.1, 0.15) is 6.04 Å². The van der Waals surface area contributed by atoms with Gasteiger partial charge < -0.3 is 34.6 Å². The molecule has 2 unspecified atom stereocenters. The number of ether oxygens (including phenoxy) is 2. The molecule has 2 N–H and O–H groups in total. The summed E-state index contributed by atoms with van der Waals surface area (Å²) in [5.74, 6) is -3.63. The molecule has 73 heavy (non-hydrogen) atoms. The summed E-state index contributed by atoms with van der Waals surface area (Å²) in [5, 5.41) is 12.4. The van der Waals surface area contributed by atoms with Crippen LogP contribution < -0.4 is 5.32 Å². The first-order valence-corrected chi connectivity index (χ1v) is 29.5. The zero-order valence-electron chi connectivity index (χ0n) is 45.8. The molecule has 18 heteroatoms. The SMILES string of the molecule is CC[C@H](C)[C@@H]([C@@H](CC(=O)N1[C@H]2C[C@H]2C[C@H]1[C@H](OC)[C@@H](C)C(=O)N[C@@H](Cc1ccccc1)C(=O)O)OC)N(C)C(=O)[C@@H](CC(=O)[C@H](C(C)C)N(C)C(=O)CCCCCN1C(=O)CC(SCCCPC)C1=O)C(C)C. The van der Waals surface area contributed by atoms with Crippen LogP contribution in [-0.2, 0) is 54.3 Å². The number of fused-ring (bicyclic) bond motifs is 1. The standard InChI is InChI=1S/C55H88N5O11PS/c1-13-35(6)50(44(70-10)31-48(64)60-41-28-38(41)29-42(60)51(71-11)36(7)52(65)56-40(55(68)69)27-37-21-16-14-17-22-37)58(9)53(66)39(33(2)3)30-43(61)49(34(4)5)57(8)46(62)23-18-15-19-24-59-47(63)32-45(54(59)67)73-26-20-25-72-12/h14,16-17,21-22,33-36,38-42,44-45,49-51,72H,13,15,18-20,23-32H2,1-12H3,(H,56,65)(H,68,69)/t35-,36+,38-,39-,40-,41-,42-,44+,45?,49-,50-,51+/m0/s1. The molecule has 0 spiro atoms. The van der Waals surface area contributed by atoms with Gasteiger partial charge in [0.2, 0.25) is 35.4 Å². The van der Waals surface area contributed by atoms with Gasteiger partial charge in [-0.1, -0.05) is 91.6 Å². The number of carbonyl (C=O) groups is 8. The van der Waals surface area contributed by atoms with Crippen molar-refractivity contribution in [1.29, 1.82) is 0 Å². The number of carboxylic acids is 1. The normalized spacial score (nSPS) is 21.9. The third-order valence-electron chi connectivity index (χ3n) is 15.6. The average molecular weight is 1060 g/mol. The van der Waals surface area contributed by atoms with Gasteiger partial charge >= 0.3 is 5.97 Å². The van der Waals surface area contributed by atoms with Crippen molar-refractivity contribution < 1.29 is 52.9 Å². The fourth-order valence-electron chi connectivity index (χ4n) is 11.2. The number of likely N-dealkylation sites (N-methyl/N-ethyl adjacent to an activating group) is 2. The molecule has 1 saturated carbocycles. The van der Waals surface area contributed by atoms with Crippen molar-refractivity contribution in [2.45, 2.75) is 173 Å². The Morgan fingerprint density at radius 2 is 1.58 bits per heavy atom. The zero-order valence-corrected chi connectivity index (χ0v) is 47.6. The number of carboxylic acid groups (broad SMARTS) is 1. The molecule has 3 fully saturated rings. The molecule has 410 valence electrons. The van der Waals surface area contributed by atoms with E-state index < -0.39 is 60.1 Å². The summed E-state index contributed by atoms with van der Waals surface area (Å²) < 4.78 is 12.1. The van der Waals surface area contributed by atoms with Crippen molar-refractivity contribution in [3.63, 3.8) is 0 Å². The highest BCUT2D eigenvalue weighted by molar-refractivity contribution is 8.00. The maximum atomic E-state index is 14.8. The van der Waals surface area contributed by atoms with E-state index >= 15 is 0 Å². The minimum Gasteiger partial charge on any atom is -0.480 e. The molecule has 2 saturated heterocycles. The number of imide groups is 1. The van der Waals surface area contributed by atoms with Crippen molar-refractivity contribution in [3.8, 4) is 0 Å². The van der Waals surface area contributed by atoms with Crippen LogP contribution in [-0.4, -0.2) is 173 Å². The maximum absolute atomic E-state index is 14.8. The second-order valence-corrected chi connectivity index (χ2v) is 24.0. The van der Waals surface area contributed by atoms with Crippen LogP contribution in [0.3, 0.4) is 0 Å². The second kappa shape index (κ2) is 29.4. The van der Waals surface area contributed by atoms with Crippen molar-refractivity contribution in [3.05, 3.63) is 35.9 Å². The number of likely N-dealkylation sites (tertiary alicyclic amines) is 2. The van der Waals surface area contributed by atoms with Crippen LogP contribution in [0.15, 0.2) is 30.3 Å². The molecule has 0 radical (unpaired) electrons. The molecule has 2 heterocycles. The number of rotatable bonds is 33. The molecule has 16 nitrogen and oxygen atoms in total. The fourth-order valence-corrected chi connectivity index (χ4v) is 13.1. The predicted molar refractivity (Wildman–Crippen MR) is 287 cm³/mol. The van der Waals surface area contributed by atoms with Crippen LogP contribution in [0.2, 0.25) is 0 Å². The third-order valence-corrected chi connectivity index (χ3v) is 17.8. The first kappa shape index (κ1) is 61.6. The molecular formula is C55H88N5O11PS. The van der Waals surface area contributed by atoms with Crippen molar-refractivity contribution in [1.82, 2.24) is 24.9 Å². The van der Waals surface area contributed by atoms with E-state index in [0.717, 1.165) is 38.9 Å². The van der Waals surface area contributed by atoms with Crippen LogP contribution in [0.25, 0.3) is 0 Å². The molecule has 6 amide bonds. The molecule has 1 aliphatic carbocycles. The summed E-state index contributed by atoms with van der Waals surface area (Å²) in [6.07, 6.45) is 5.11. The van der Waals surface area contributed by atoms with Crippen molar-refractivity contribution >= 4 is 67.5 Å². The number of aliphatic carboxylic acids is 1. The van der Waals surface area contributed by atoms with Crippen molar-refractivity contribution in [2.75, 3.05) is 53.4 Å².